The standard InChI is InChI=1S/C22H24N4O4S/c1-15-10-11-17(13-16(15)2)21-24-25-22(30-21)23-20(27)18-7-6-12-26(14-18)31(28,29)19-8-4-3-5-9-19/h3-5,8-11,13,18H,6-7,12,14H2,1-2H3,(H,23,25,27). The van der Waals surface area contributed by atoms with Gasteiger partial charge in [-0.2, -0.15) is 4.31 Å². The van der Waals surface area contributed by atoms with E-state index in [0.717, 1.165) is 16.7 Å². The molecule has 1 aromatic heterocycles. The summed E-state index contributed by atoms with van der Waals surface area (Å²) in [5.41, 5.74) is 3.03. The van der Waals surface area contributed by atoms with Crippen molar-refractivity contribution in [1.82, 2.24) is 14.5 Å². The summed E-state index contributed by atoms with van der Waals surface area (Å²) >= 11 is 0. The molecular formula is C22H24N4O4S. The van der Waals surface area contributed by atoms with Crippen LogP contribution >= 0.6 is 0 Å². The monoisotopic (exact) mass is 440 g/mol. The Labute approximate surface area is 181 Å². The molecule has 1 atom stereocenters. The first-order valence-corrected chi connectivity index (χ1v) is 11.6. The van der Waals surface area contributed by atoms with Crippen molar-refractivity contribution in [1.29, 1.82) is 0 Å². The number of hydrogen-bond acceptors (Lipinski definition) is 6. The van der Waals surface area contributed by atoms with Crippen molar-refractivity contribution >= 4 is 21.9 Å². The van der Waals surface area contributed by atoms with E-state index in [9.17, 15) is 13.2 Å². The lowest BCUT2D eigenvalue weighted by Gasteiger charge is -2.30. The van der Waals surface area contributed by atoms with Gasteiger partial charge < -0.3 is 4.42 Å². The quantitative estimate of drug-likeness (QED) is 0.652. The third kappa shape index (κ3) is 4.52. The van der Waals surface area contributed by atoms with Gasteiger partial charge in [-0.15, -0.1) is 5.10 Å². The number of piperidine rings is 1. The smallest absolute Gasteiger partial charge is 0.322 e. The van der Waals surface area contributed by atoms with Gasteiger partial charge >= 0.3 is 6.01 Å². The summed E-state index contributed by atoms with van der Waals surface area (Å²) in [7, 11) is -3.64. The molecule has 3 aromatic rings. The molecule has 1 aliphatic heterocycles. The minimum absolute atomic E-state index is 0.00117. The van der Waals surface area contributed by atoms with Crippen LogP contribution in [-0.2, 0) is 14.8 Å². The fourth-order valence-electron chi connectivity index (χ4n) is 3.59. The first-order chi connectivity index (χ1) is 14.8. The lowest BCUT2D eigenvalue weighted by molar-refractivity contribution is -0.121. The molecular weight excluding hydrogens is 416 g/mol. The number of nitrogens with zero attached hydrogens (tertiary/aromatic N) is 3. The van der Waals surface area contributed by atoms with E-state index in [2.05, 4.69) is 15.5 Å². The molecule has 1 fully saturated rings. The van der Waals surface area contributed by atoms with E-state index in [1.54, 1.807) is 30.3 Å². The number of hydrogen-bond donors (Lipinski definition) is 1. The Hall–Kier alpha value is -3.04. The maximum absolute atomic E-state index is 12.9. The maximum Gasteiger partial charge on any atom is 0.322 e. The van der Waals surface area contributed by atoms with Crippen LogP contribution in [0.3, 0.4) is 0 Å². The van der Waals surface area contributed by atoms with E-state index < -0.39 is 15.9 Å². The van der Waals surface area contributed by atoms with Crippen LogP contribution in [0.25, 0.3) is 11.5 Å². The topological polar surface area (TPSA) is 105 Å². The molecule has 1 amide bonds. The van der Waals surface area contributed by atoms with Gasteiger partial charge in [0.25, 0.3) is 0 Å². The van der Waals surface area contributed by atoms with E-state index >= 15 is 0 Å². The van der Waals surface area contributed by atoms with Crippen molar-refractivity contribution in [2.24, 2.45) is 5.92 Å². The number of amides is 1. The fraction of sp³-hybridized carbons (Fsp3) is 0.318. The molecule has 0 bridgehead atoms. The third-order valence-electron chi connectivity index (χ3n) is 5.54. The van der Waals surface area contributed by atoms with Crippen LogP contribution in [-0.4, -0.2) is 41.9 Å². The maximum atomic E-state index is 12.9. The van der Waals surface area contributed by atoms with Crippen molar-refractivity contribution in [3.05, 3.63) is 59.7 Å². The van der Waals surface area contributed by atoms with Gasteiger partial charge in [0.15, 0.2) is 0 Å². The fourth-order valence-corrected chi connectivity index (χ4v) is 5.13. The normalized spacial score (nSPS) is 17.4. The van der Waals surface area contributed by atoms with Crippen LogP contribution in [0.4, 0.5) is 6.01 Å². The van der Waals surface area contributed by atoms with Crippen LogP contribution in [0.1, 0.15) is 24.0 Å². The highest BCUT2D eigenvalue weighted by Crippen LogP contribution is 2.26. The summed E-state index contributed by atoms with van der Waals surface area (Å²) in [5, 5.41) is 10.6. The van der Waals surface area contributed by atoms with Gasteiger partial charge in [-0.1, -0.05) is 29.4 Å². The summed E-state index contributed by atoms with van der Waals surface area (Å²) < 4.78 is 32.7. The molecule has 0 saturated carbocycles. The first kappa shape index (κ1) is 21.2. The summed E-state index contributed by atoms with van der Waals surface area (Å²) in [6.07, 6.45) is 1.19. The predicted octanol–water partition coefficient (Wildman–Crippen LogP) is 3.39. The number of aromatic nitrogens is 2. The van der Waals surface area contributed by atoms with Gasteiger partial charge in [-0.3, -0.25) is 10.1 Å². The van der Waals surface area contributed by atoms with Crippen molar-refractivity contribution in [2.45, 2.75) is 31.6 Å². The molecule has 2 heterocycles. The second-order valence-electron chi connectivity index (χ2n) is 7.72. The molecule has 162 valence electrons. The molecule has 9 heteroatoms. The van der Waals surface area contributed by atoms with E-state index in [4.69, 9.17) is 4.42 Å². The molecule has 4 rings (SSSR count). The highest BCUT2D eigenvalue weighted by Gasteiger charge is 2.33. The predicted molar refractivity (Wildman–Crippen MR) is 116 cm³/mol. The summed E-state index contributed by atoms with van der Waals surface area (Å²) in [6.45, 7) is 4.51. The zero-order chi connectivity index (χ0) is 22.0. The first-order valence-electron chi connectivity index (χ1n) is 10.1. The molecule has 1 unspecified atom stereocenters. The molecule has 0 aliphatic carbocycles. The second kappa shape index (κ2) is 8.60. The van der Waals surface area contributed by atoms with Crippen LogP contribution in [0, 0.1) is 19.8 Å². The van der Waals surface area contributed by atoms with Gasteiger partial charge in [-0.25, -0.2) is 8.42 Å². The average Bonchev–Trinajstić information content (AvgIpc) is 3.25. The molecule has 8 nitrogen and oxygen atoms in total. The minimum Gasteiger partial charge on any atom is -0.403 e. The van der Waals surface area contributed by atoms with Crippen molar-refractivity contribution in [2.75, 3.05) is 18.4 Å². The van der Waals surface area contributed by atoms with Gasteiger partial charge in [0.1, 0.15) is 0 Å². The third-order valence-corrected chi connectivity index (χ3v) is 7.42. The molecule has 31 heavy (non-hydrogen) atoms. The number of sulfonamides is 1. The number of carbonyl (C=O) groups is 1. The van der Waals surface area contributed by atoms with Gasteiger partial charge in [-0.05, 0) is 62.1 Å². The molecule has 0 radical (unpaired) electrons. The Bertz CT molecular complexity index is 1190. The van der Waals surface area contributed by atoms with E-state index in [1.807, 2.05) is 32.0 Å². The molecule has 1 N–H and O–H groups in total. The zero-order valence-corrected chi connectivity index (χ0v) is 18.2. The van der Waals surface area contributed by atoms with Crippen LogP contribution in [0.15, 0.2) is 57.8 Å². The van der Waals surface area contributed by atoms with E-state index in [0.29, 0.717) is 25.3 Å². The summed E-state index contributed by atoms with van der Waals surface area (Å²) in [4.78, 5) is 13.0. The van der Waals surface area contributed by atoms with Crippen LogP contribution in [0.5, 0.6) is 0 Å². The largest absolute Gasteiger partial charge is 0.403 e. The highest BCUT2D eigenvalue weighted by atomic mass is 32.2. The Morgan fingerprint density at radius 3 is 2.61 bits per heavy atom. The van der Waals surface area contributed by atoms with E-state index in [1.165, 1.54) is 4.31 Å². The number of aryl methyl sites for hydroxylation is 2. The number of anilines is 1. The average molecular weight is 441 g/mol. The SMILES string of the molecule is Cc1ccc(-c2nnc(NC(=O)C3CCCN(S(=O)(=O)c4ccccc4)C3)o2)cc1C. The molecule has 2 aromatic carbocycles. The molecule has 1 saturated heterocycles. The lowest BCUT2D eigenvalue weighted by Crippen LogP contribution is -2.43. The number of carbonyl (C=O) groups excluding carboxylic acids is 1. The lowest BCUT2D eigenvalue weighted by atomic mass is 9.99. The Morgan fingerprint density at radius 2 is 1.87 bits per heavy atom. The van der Waals surface area contributed by atoms with E-state index in [-0.39, 0.29) is 23.4 Å². The Morgan fingerprint density at radius 1 is 1.10 bits per heavy atom. The molecule has 0 spiro atoms. The second-order valence-corrected chi connectivity index (χ2v) is 9.65. The Kier molecular flexibility index (Phi) is 5.88. The van der Waals surface area contributed by atoms with Crippen molar-refractivity contribution in [3.8, 4) is 11.5 Å². The van der Waals surface area contributed by atoms with Crippen LogP contribution in [0.2, 0.25) is 0 Å². The van der Waals surface area contributed by atoms with Gasteiger partial charge in [0, 0.05) is 18.7 Å². The summed E-state index contributed by atoms with van der Waals surface area (Å²) in [5.74, 6) is -0.511. The van der Waals surface area contributed by atoms with Crippen LogP contribution < -0.4 is 5.32 Å². The zero-order valence-electron chi connectivity index (χ0n) is 17.4. The Balaban J connectivity index is 1.44. The van der Waals surface area contributed by atoms with Gasteiger partial charge in [0.05, 0.1) is 10.8 Å². The van der Waals surface area contributed by atoms with Gasteiger partial charge in [0.2, 0.25) is 21.8 Å². The number of rotatable bonds is 5. The summed E-state index contributed by atoms with van der Waals surface area (Å²) in [6, 6.07) is 14.1. The molecule has 1 aliphatic rings. The number of benzene rings is 2. The minimum atomic E-state index is -3.64. The van der Waals surface area contributed by atoms with Crippen molar-refractivity contribution in [3.63, 3.8) is 0 Å². The highest BCUT2D eigenvalue weighted by molar-refractivity contribution is 7.89. The number of nitrogens with one attached hydrogen (secondary N) is 1. The van der Waals surface area contributed by atoms with Crippen molar-refractivity contribution < 1.29 is 17.6 Å².